The molecular formula is C24H24F3N5O5S. The van der Waals surface area contributed by atoms with Crippen LogP contribution in [0.25, 0.3) is 0 Å². The molecule has 3 N–H and O–H groups in total. The molecule has 4 rings (SSSR count). The highest BCUT2D eigenvalue weighted by Crippen LogP contribution is 2.47. The fraction of sp³-hybridized carbons (Fsp3) is 0.333. The number of carbonyl (C=O) groups excluding carboxylic acids is 1. The van der Waals surface area contributed by atoms with Crippen molar-refractivity contribution in [3.8, 4) is 17.5 Å². The molecule has 1 amide bonds. The molecule has 1 fully saturated rings. The summed E-state index contributed by atoms with van der Waals surface area (Å²) in [4.78, 5) is 17.7. The van der Waals surface area contributed by atoms with Crippen molar-refractivity contribution >= 4 is 21.3 Å². The minimum Gasteiger partial charge on any atom is -0.478 e. The van der Waals surface area contributed by atoms with Gasteiger partial charge in [0.25, 0.3) is 17.7 Å². The van der Waals surface area contributed by atoms with Gasteiger partial charge in [0.15, 0.2) is 11.4 Å². The minimum atomic E-state index is -4.90. The van der Waals surface area contributed by atoms with Crippen LogP contribution >= 0.6 is 0 Å². The van der Waals surface area contributed by atoms with Crippen LogP contribution in [0.2, 0.25) is 0 Å². The Morgan fingerprint density at radius 2 is 1.87 bits per heavy atom. The second kappa shape index (κ2) is 9.51. The van der Waals surface area contributed by atoms with E-state index in [0.29, 0.717) is 24.1 Å². The minimum absolute atomic E-state index is 0.0232. The second-order valence-corrected chi connectivity index (χ2v) is 11.1. The van der Waals surface area contributed by atoms with Crippen LogP contribution in [0.4, 0.5) is 18.9 Å². The number of ether oxygens (including phenoxy) is 2. The maximum absolute atomic E-state index is 13.6. The summed E-state index contributed by atoms with van der Waals surface area (Å²) in [6, 6.07) is 7.17. The van der Waals surface area contributed by atoms with Crippen molar-refractivity contribution in [1.82, 2.24) is 15.2 Å². The molecule has 2 aromatic heterocycles. The summed E-state index contributed by atoms with van der Waals surface area (Å²) >= 11 is 0. The van der Waals surface area contributed by atoms with Gasteiger partial charge in [-0.25, -0.2) is 14.0 Å². The molecule has 10 nitrogen and oxygen atoms in total. The molecule has 3 aromatic rings. The number of halogens is 3. The summed E-state index contributed by atoms with van der Waals surface area (Å²) < 4.78 is 71.8. The molecule has 38 heavy (non-hydrogen) atoms. The lowest BCUT2D eigenvalue weighted by molar-refractivity contribution is -0.142. The number of pyridine rings is 1. The highest BCUT2D eigenvalue weighted by molar-refractivity contribution is 7.91. The SMILES string of the molecule is COc1nc(C2(O)CC2)cc(C)c1Oc1nnc(C(F)(F)F)c(C)c1C(=O)Nc1cccc(S(C)(=N)=O)c1. The molecule has 2 heterocycles. The van der Waals surface area contributed by atoms with Crippen LogP contribution in [0.15, 0.2) is 35.2 Å². The number of aliphatic hydroxyl groups is 1. The van der Waals surface area contributed by atoms with Crippen molar-refractivity contribution in [3.05, 3.63) is 58.4 Å². The number of carbonyl (C=O) groups is 1. The molecule has 1 unspecified atom stereocenters. The molecule has 1 aromatic carbocycles. The zero-order valence-corrected chi connectivity index (χ0v) is 21.6. The first kappa shape index (κ1) is 27.3. The largest absolute Gasteiger partial charge is 0.478 e. The maximum Gasteiger partial charge on any atom is 0.435 e. The topological polar surface area (TPSA) is 147 Å². The number of aromatic nitrogens is 3. The maximum atomic E-state index is 13.6. The summed E-state index contributed by atoms with van der Waals surface area (Å²) in [5, 5.41) is 19.7. The highest BCUT2D eigenvalue weighted by Gasteiger charge is 2.44. The van der Waals surface area contributed by atoms with Gasteiger partial charge in [0, 0.05) is 16.8 Å². The standard InChI is InChI=1S/C24H24F3N5O5S/c1-12-10-16(23(34)8-9-23)30-22(36-3)18(12)37-21-17(13(2)19(31-32-21)24(25,26)27)20(33)29-14-6-5-7-15(11-14)38(4,28)35/h5-7,10-11,28,34H,8-9H2,1-4H3,(H,29,33). The quantitative estimate of drug-likeness (QED) is 0.387. The molecule has 14 heteroatoms. The van der Waals surface area contributed by atoms with E-state index in [1.165, 1.54) is 37.6 Å². The number of rotatable bonds is 7. The number of nitrogens with zero attached hydrogens (tertiary/aromatic N) is 3. The van der Waals surface area contributed by atoms with Crippen LogP contribution in [-0.4, -0.2) is 43.8 Å². The molecule has 1 saturated carbocycles. The fourth-order valence-electron chi connectivity index (χ4n) is 3.72. The van der Waals surface area contributed by atoms with Crippen molar-refractivity contribution in [2.24, 2.45) is 0 Å². The number of hydrogen-bond donors (Lipinski definition) is 3. The normalized spacial score (nSPS) is 15.9. The average Bonchev–Trinajstić information content (AvgIpc) is 3.57. The van der Waals surface area contributed by atoms with Crippen molar-refractivity contribution in [2.45, 2.75) is 43.4 Å². The van der Waals surface area contributed by atoms with E-state index in [1.54, 1.807) is 13.0 Å². The van der Waals surface area contributed by atoms with E-state index in [-0.39, 0.29) is 22.2 Å². The fourth-order valence-corrected chi connectivity index (χ4v) is 4.41. The lowest BCUT2D eigenvalue weighted by atomic mass is 10.1. The number of amides is 1. The van der Waals surface area contributed by atoms with Crippen molar-refractivity contribution in [1.29, 1.82) is 4.78 Å². The monoisotopic (exact) mass is 551 g/mol. The Balaban J connectivity index is 1.79. The van der Waals surface area contributed by atoms with Crippen LogP contribution in [0.5, 0.6) is 17.5 Å². The Labute approximate surface area is 216 Å². The van der Waals surface area contributed by atoms with E-state index in [9.17, 15) is 27.3 Å². The first-order valence-corrected chi connectivity index (χ1v) is 13.2. The number of methoxy groups -OCH3 is 1. The third-order valence-corrected chi connectivity index (χ3v) is 7.10. The van der Waals surface area contributed by atoms with Gasteiger partial charge in [0.05, 0.1) is 22.5 Å². The first-order chi connectivity index (χ1) is 17.6. The summed E-state index contributed by atoms with van der Waals surface area (Å²) in [5.41, 5.74) is -2.66. The first-order valence-electron chi connectivity index (χ1n) is 11.2. The summed E-state index contributed by atoms with van der Waals surface area (Å²) in [6.07, 6.45) is -2.67. The van der Waals surface area contributed by atoms with E-state index < -0.39 is 50.1 Å². The van der Waals surface area contributed by atoms with Gasteiger partial charge in [0.1, 0.15) is 11.2 Å². The molecular weight excluding hydrogens is 527 g/mol. The van der Waals surface area contributed by atoms with Gasteiger partial charge in [-0.1, -0.05) is 6.07 Å². The Bertz CT molecular complexity index is 1540. The predicted molar refractivity (Wildman–Crippen MR) is 130 cm³/mol. The molecule has 1 aliphatic carbocycles. The molecule has 1 aliphatic rings. The lowest BCUT2D eigenvalue weighted by Crippen LogP contribution is -2.21. The van der Waals surface area contributed by atoms with Gasteiger partial charge >= 0.3 is 6.18 Å². The van der Waals surface area contributed by atoms with Crippen molar-refractivity contribution in [2.75, 3.05) is 18.7 Å². The van der Waals surface area contributed by atoms with E-state index in [4.69, 9.17) is 14.3 Å². The van der Waals surface area contributed by atoms with E-state index in [1.807, 2.05) is 0 Å². The van der Waals surface area contributed by atoms with E-state index in [2.05, 4.69) is 20.5 Å². The summed E-state index contributed by atoms with van der Waals surface area (Å²) in [5.74, 6) is -1.63. The van der Waals surface area contributed by atoms with Gasteiger partial charge in [-0.2, -0.15) is 13.2 Å². The number of nitrogens with one attached hydrogen (secondary N) is 2. The second-order valence-electron chi connectivity index (χ2n) is 8.97. The van der Waals surface area contributed by atoms with Gasteiger partial charge in [0.2, 0.25) is 0 Å². The molecule has 0 saturated heterocycles. The zero-order valence-electron chi connectivity index (χ0n) is 20.8. The number of benzene rings is 1. The van der Waals surface area contributed by atoms with Crippen LogP contribution in [0, 0.1) is 18.6 Å². The molecule has 0 bridgehead atoms. The molecule has 0 spiro atoms. The number of hydrogen-bond acceptors (Lipinski definition) is 9. The highest BCUT2D eigenvalue weighted by atomic mass is 32.2. The summed E-state index contributed by atoms with van der Waals surface area (Å²) in [7, 11) is -1.81. The van der Waals surface area contributed by atoms with Gasteiger partial charge in [-0.3, -0.25) is 4.79 Å². The van der Waals surface area contributed by atoms with E-state index >= 15 is 0 Å². The van der Waals surface area contributed by atoms with Gasteiger partial charge in [-0.15, -0.1) is 10.2 Å². The van der Waals surface area contributed by atoms with Crippen LogP contribution in [0.1, 0.15) is 45.7 Å². The lowest BCUT2D eigenvalue weighted by Gasteiger charge is -2.18. The molecule has 0 radical (unpaired) electrons. The Morgan fingerprint density at radius 1 is 1.18 bits per heavy atom. The van der Waals surface area contributed by atoms with Crippen LogP contribution < -0.4 is 14.8 Å². The number of aryl methyl sites for hydroxylation is 1. The van der Waals surface area contributed by atoms with Crippen LogP contribution in [-0.2, 0) is 21.5 Å². The third kappa shape index (κ3) is 5.41. The number of alkyl halides is 3. The Hall–Kier alpha value is -3.78. The zero-order chi connectivity index (χ0) is 28.0. The van der Waals surface area contributed by atoms with Crippen molar-refractivity contribution in [3.63, 3.8) is 0 Å². The Morgan fingerprint density at radius 3 is 2.45 bits per heavy atom. The average molecular weight is 552 g/mol. The van der Waals surface area contributed by atoms with E-state index in [0.717, 1.165) is 6.92 Å². The summed E-state index contributed by atoms with van der Waals surface area (Å²) in [6.45, 7) is 2.68. The third-order valence-electron chi connectivity index (χ3n) is 5.94. The van der Waals surface area contributed by atoms with Gasteiger partial charge in [-0.05, 0) is 62.1 Å². The van der Waals surface area contributed by atoms with Crippen molar-refractivity contribution < 1.29 is 36.8 Å². The molecule has 202 valence electrons. The molecule has 1 atom stereocenters. The predicted octanol–water partition coefficient (Wildman–Crippen LogP) is 4.58. The smallest absolute Gasteiger partial charge is 0.435 e. The van der Waals surface area contributed by atoms with Crippen LogP contribution in [0.3, 0.4) is 0 Å². The van der Waals surface area contributed by atoms with Gasteiger partial charge < -0.3 is 19.9 Å². The Kier molecular flexibility index (Phi) is 6.82. The molecule has 0 aliphatic heterocycles. The number of anilines is 1.